The fourth-order valence-corrected chi connectivity index (χ4v) is 2.86. The predicted molar refractivity (Wildman–Crippen MR) is 99.9 cm³/mol. The molecule has 26 heavy (non-hydrogen) atoms. The van der Waals surface area contributed by atoms with Crippen LogP contribution in [0.2, 0.25) is 0 Å². The van der Waals surface area contributed by atoms with Gasteiger partial charge in [0.25, 0.3) is 0 Å². The van der Waals surface area contributed by atoms with E-state index in [0.717, 1.165) is 44.8 Å². The normalized spacial score (nSPS) is 16.5. The number of amides is 1. The molecule has 0 aliphatic carbocycles. The second-order valence-corrected chi connectivity index (χ2v) is 7.60. The summed E-state index contributed by atoms with van der Waals surface area (Å²) in [5.74, 6) is 0. The summed E-state index contributed by atoms with van der Waals surface area (Å²) in [6, 6.07) is 9.60. The Kier molecular flexibility index (Phi) is 7.43. The second kappa shape index (κ2) is 9.56. The maximum Gasteiger partial charge on any atom is 0.407 e. The van der Waals surface area contributed by atoms with Crippen LogP contribution >= 0.6 is 0 Å². The molecule has 0 spiro atoms. The lowest BCUT2D eigenvalue weighted by atomic mass is 10.0. The largest absolute Gasteiger partial charge is 0.444 e. The first-order chi connectivity index (χ1) is 12.4. The number of nitrogens with one attached hydrogen (secondary N) is 1. The summed E-state index contributed by atoms with van der Waals surface area (Å²) >= 11 is 0. The van der Waals surface area contributed by atoms with E-state index in [0.29, 0.717) is 12.0 Å². The highest BCUT2D eigenvalue weighted by atomic mass is 16.6. The van der Waals surface area contributed by atoms with E-state index in [1.165, 1.54) is 0 Å². The summed E-state index contributed by atoms with van der Waals surface area (Å²) in [4.78, 5) is 14.6. The van der Waals surface area contributed by atoms with Gasteiger partial charge in [-0.2, -0.15) is 5.26 Å². The quantitative estimate of drug-likeness (QED) is 0.845. The van der Waals surface area contributed by atoms with Crippen molar-refractivity contribution in [3.05, 3.63) is 35.4 Å². The lowest BCUT2D eigenvalue weighted by Crippen LogP contribution is -2.43. The first-order valence-electron chi connectivity index (χ1n) is 9.14. The first-order valence-corrected chi connectivity index (χ1v) is 9.14. The molecular formula is C20H29N3O3. The number of ether oxygens (including phenoxy) is 2. The average molecular weight is 359 g/mol. The van der Waals surface area contributed by atoms with Crippen LogP contribution in [0.4, 0.5) is 4.79 Å². The van der Waals surface area contributed by atoms with E-state index in [-0.39, 0.29) is 6.04 Å². The van der Waals surface area contributed by atoms with Crippen molar-refractivity contribution in [1.29, 1.82) is 5.26 Å². The number of rotatable bonds is 6. The molecule has 1 saturated heterocycles. The smallest absolute Gasteiger partial charge is 0.407 e. The molecule has 1 atom stereocenters. The Bertz CT molecular complexity index is 611. The minimum absolute atomic E-state index is 0.0272. The van der Waals surface area contributed by atoms with Gasteiger partial charge in [0.1, 0.15) is 5.60 Å². The fourth-order valence-electron chi connectivity index (χ4n) is 2.86. The highest BCUT2D eigenvalue weighted by molar-refractivity contribution is 5.68. The van der Waals surface area contributed by atoms with Crippen LogP contribution in [0, 0.1) is 11.3 Å². The number of hydrogen-bond acceptors (Lipinski definition) is 5. The minimum Gasteiger partial charge on any atom is -0.444 e. The Morgan fingerprint density at radius 2 is 1.96 bits per heavy atom. The molecule has 1 aliphatic rings. The number of carbonyl (C=O) groups excluding carboxylic acids is 1. The van der Waals surface area contributed by atoms with Gasteiger partial charge in [0.15, 0.2) is 0 Å². The van der Waals surface area contributed by atoms with E-state index in [4.69, 9.17) is 14.7 Å². The van der Waals surface area contributed by atoms with E-state index in [2.05, 4.69) is 16.3 Å². The number of nitrogens with zero attached hydrogens (tertiary/aromatic N) is 2. The van der Waals surface area contributed by atoms with Gasteiger partial charge in [0, 0.05) is 25.7 Å². The third kappa shape index (κ3) is 7.42. The van der Waals surface area contributed by atoms with Crippen molar-refractivity contribution >= 4 is 6.09 Å². The van der Waals surface area contributed by atoms with Crippen LogP contribution in [-0.4, -0.2) is 55.5 Å². The Morgan fingerprint density at radius 3 is 2.54 bits per heavy atom. The van der Waals surface area contributed by atoms with Gasteiger partial charge in [-0.05, 0) is 51.3 Å². The molecule has 6 nitrogen and oxygen atoms in total. The molecule has 1 fully saturated rings. The molecular weight excluding hydrogens is 330 g/mol. The molecule has 1 amide bonds. The molecule has 0 saturated carbocycles. The average Bonchev–Trinajstić information content (AvgIpc) is 2.59. The van der Waals surface area contributed by atoms with Crippen molar-refractivity contribution in [2.75, 3.05) is 32.8 Å². The van der Waals surface area contributed by atoms with Crippen molar-refractivity contribution in [2.24, 2.45) is 0 Å². The maximum absolute atomic E-state index is 12.2. The summed E-state index contributed by atoms with van der Waals surface area (Å²) in [6.07, 6.45) is 1.15. The van der Waals surface area contributed by atoms with Crippen molar-refractivity contribution in [1.82, 2.24) is 10.2 Å². The fraction of sp³-hybridized carbons (Fsp3) is 0.600. The van der Waals surface area contributed by atoms with Crippen molar-refractivity contribution < 1.29 is 14.3 Å². The third-order valence-electron chi connectivity index (χ3n) is 4.18. The number of hydrogen-bond donors (Lipinski definition) is 1. The maximum atomic E-state index is 12.2. The van der Waals surface area contributed by atoms with E-state index >= 15 is 0 Å². The monoisotopic (exact) mass is 359 g/mol. The van der Waals surface area contributed by atoms with Crippen LogP contribution in [0.3, 0.4) is 0 Å². The lowest BCUT2D eigenvalue weighted by molar-refractivity contribution is 0.0341. The van der Waals surface area contributed by atoms with Crippen LogP contribution in [0.5, 0.6) is 0 Å². The zero-order valence-electron chi connectivity index (χ0n) is 16.0. The molecule has 1 aliphatic heterocycles. The van der Waals surface area contributed by atoms with Crippen LogP contribution in [-0.2, 0) is 15.9 Å². The SMILES string of the molecule is CC(C)(C)OC(=O)N[C@@H](CCN1CCOCC1)Cc1ccc(C#N)cc1. The van der Waals surface area contributed by atoms with Crippen LogP contribution in [0.1, 0.15) is 38.3 Å². The van der Waals surface area contributed by atoms with Gasteiger partial charge < -0.3 is 14.8 Å². The molecule has 0 bridgehead atoms. The molecule has 2 rings (SSSR count). The van der Waals surface area contributed by atoms with Gasteiger partial charge in [-0.3, -0.25) is 4.90 Å². The van der Waals surface area contributed by atoms with E-state index in [1.807, 2.05) is 45.0 Å². The molecule has 1 N–H and O–H groups in total. The standard InChI is InChI=1S/C20H29N3O3/c1-20(2,3)26-19(24)22-18(8-9-23-10-12-25-13-11-23)14-16-4-6-17(15-21)7-5-16/h4-7,18H,8-14H2,1-3H3,(H,22,24)/t18-/m0/s1. The second-order valence-electron chi connectivity index (χ2n) is 7.60. The van der Waals surface area contributed by atoms with E-state index in [9.17, 15) is 4.79 Å². The van der Waals surface area contributed by atoms with Crippen LogP contribution < -0.4 is 5.32 Å². The highest BCUT2D eigenvalue weighted by Gasteiger charge is 2.21. The summed E-state index contributed by atoms with van der Waals surface area (Å²) < 4.78 is 10.8. The van der Waals surface area contributed by atoms with Gasteiger partial charge in [-0.1, -0.05) is 12.1 Å². The molecule has 1 heterocycles. The summed E-state index contributed by atoms with van der Waals surface area (Å²) in [7, 11) is 0. The molecule has 0 aromatic heterocycles. The summed E-state index contributed by atoms with van der Waals surface area (Å²) in [5.41, 5.74) is 1.21. The van der Waals surface area contributed by atoms with Crippen molar-refractivity contribution in [2.45, 2.75) is 45.3 Å². The molecule has 1 aromatic rings. The van der Waals surface area contributed by atoms with Crippen LogP contribution in [0.25, 0.3) is 0 Å². The highest BCUT2D eigenvalue weighted by Crippen LogP contribution is 2.12. The summed E-state index contributed by atoms with van der Waals surface area (Å²) in [6.45, 7) is 9.85. The lowest BCUT2D eigenvalue weighted by Gasteiger charge is -2.29. The number of nitriles is 1. The number of benzene rings is 1. The van der Waals surface area contributed by atoms with E-state index < -0.39 is 11.7 Å². The predicted octanol–water partition coefficient (Wildman–Crippen LogP) is 2.72. The third-order valence-corrected chi connectivity index (χ3v) is 4.18. The Morgan fingerprint density at radius 1 is 1.31 bits per heavy atom. The van der Waals surface area contributed by atoms with Gasteiger partial charge in [-0.15, -0.1) is 0 Å². The Hall–Kier alpha value is -2.10. The zero-order valence-corrected chi connectivity index (χ0v) is 16.0. The summed E-state index contributed by atoms with van der Waals surface area (Å²) in [5, 5.41) is 11.9. The van der Waals surface area contributed by atoms with Crippen molar-refractivity contribution in [3.8, 4) is 6.07 Å². The molecule has 142 valence electrons. The number of carbonyl (C=O) groups is 1. The van der Waals surface area contributed by atoms with E-state index in [1.54, 1.807) is 0 Å². The van der Waals surface area contributed by atoms with Gasteiger partial charge in [-0.25, -0.2) is 4.79 Å². The molecule has 1 aromatic carbocycles. The molecule has 0 unspecified atom stereocenters. The number of alkyl carbamates (subject to hydrolysis) is 1. The van der Waals surface area contributed by atoms with Gasteiger partial charge in [0.2, 0.25) is 0 Å². The molecule has 0 radical (unpaired) electrons. The van der Waals surface area contributed by atoms with Crippen LogP contribution in [0.15, 0.2) is 24.3 Å². The van der Waals surface area contributed by atoms with Gasteiger partial charge in [0.05, 0.1) is 24.8 Å². The first kappa shape index (κ1) is 20.2. The van der Waals surface area contributed by atoms with Gasteiger partial charge >= 0.3 is 6.09 Å². The topological polar surface area (TPSA) is 74.6 Å². The number of morpholine rings is 1. The zero-order chi connectivity index (χ0) is 19.0. The molecule has 6 heteroatoms. The Balaban J connectivity index is 1.96. The van der Waals surface area contributed by atoms with Crippen molar-refractivity contribution in [3.63, 3.8) is 0 Å². The minimum atomic E-state index is -0.521. The Labute approximate surface area is 156 Å².